The fraction of sp³-hybridized carbons (Fsp3) is 1.00. The van der Waals surface area contributed by atoms with Crippen molar-refractivity contribution in [2.24, 2.45) is 0 Å². The molecule has 1 heterocycles. The lowest BCUT2D eigenvalue weighted by molar-refractivity contribution is 0.272. The molecule has 0 spiro atoms. The fourth-order valence-electron chi connectivity index (χ4n) is 2.07. The molecular weight excluding hydrogens is 236 g/mol. The maximum atomic E-state index is 11.7. The third-order valence-corrected chi connectivity index (χ3v) is 5.61. The molecule has 1 aliphatic heterocycles. The largest absolute Gasteiger partial charge is 0.313 e. The van der Waals surface area contributed by atoms with E-state index in [2.05, 4.69) is 10.2 Å². The van der Waals surface area contributed by atoms with Crippen LogP contribution in [-0.4, -0.2) is 57.0 Å². The summed E-state index contributed by atoms with van der Waals surface area (Å²) < 4.78 is 23.4. The van der Waals surface area contributed by atoms with Crippen molar-refractivity contribution in [3.8, 4) is 0 Å². The van der Waals surface area contributed by atoms with Crippen molar-refractivity contribution >= 4 is 9.84 Å². The predicted molar refractivity (Wildman–Crippen MR) is 72.1 cm³/mol. The van der Waals surface area contributed by atoms with Gasteiger partial charge >= 0.3 is 0 Å². The fourth-order valence-corrected chi connectivity index (χ4v) is 3.10. The van der Waals surface area contributed by atoms with E-state index in [0.717, 1.165) is 13.1 Å². The molecule has 1 atom stereocenters. The highest BCUT2D eigenvalue weighted by Crippen LogP contribution is 2.08. The van der Waals surface area contributed by atoms with E-state index < -0.39 is 9.84 Å². The summed E-state index contributed by atoms with van der Waals surface area (Å²) in [5.41, 5.74) is 0. The average molecular weight is 262 g/mol. The molecule has 4 nitrogen and oxygen atoms in total. The van der Waals surface area contributed by atoms with Gasteiger partial charge in [-0.1, -0.05) is 6.42 Å². The predicted octanol–water partition coefficient (Wildman–Crippen LogP) is 0.884. The van der Waals surface area contributed by atoms with Crippen LogP contribution < -0.4 is 5.32 Å². The zero-order chi connectivity index (χ0) is 12.9. The van der Waals surface area contributed by atoms with Crippen LogP contribution >= 0.6 is 0 Å². The van der Waals surface area contributed by atoms with Gasteiger partial charge in [-0.25, -0.2) is 8.42 Å². The second-order valence-corrected chi connectivity index (χ2v) is 8.00. The van der Waals surface area contributed by atoms with Crippen LogP contribution in [0.4, 0.5) is 0 Å². The Morgan fingerprint density at radius 2 is 2.06 bits per heavy atom. The molecule has 1 rings (SSSR count). The van der Waals surface area contributed by atoms with Gasteiger partial charge in [0.15, 0.2) is 9.84 Å². The smallest absolute Gasteiger partial charge is 0.153 e. The molecule has 1 N–H and O–H groups in total. The van der Waals surface area contributed by atoms with Crippen molar-refractivity contribution in [2.45, 2.75) is 44.4 Å². The summed E-state index contributed by atoms with van der Waals surface area (Å²) in [6, 6.07) is 0.538. The molecular formula is C12H26N2O2S. The molecule has 1 saturated heterocycles. The molecule has 0 aromatic carbocycles. The van der Waals surface area contributed by atoms with Gasteiger partial charge in [-0.2, -0.15) is 0 Å². The molecule has 0 aromatic heterocycles. The topological polar surface area (TPSA) is 49.4 Å². The van der Waals surface area contributed by atoms with Crippen molar-refractivity contribution in [3.05, 3.63) is 0 Å². The molecule has 17 heavy (non-hydrogen) atoms. The molecule has 0 aromatic rings. The lowest BCUT2D eigenvalue weighted by atomic mass is 10.0. The van der Waals surface area contributed by atoms with Gasteiger partial charge in [0.05, 0.1) is 11.0 Å². The van der Waals surface area contributed by atoms with Crippen LogP contribution in [0, 0.1) is 0 Å². The Morgan fingerprint density at radius 3 is 2.59 bits per heavy atom. The van der Waals surface area contributed by atoms with Crippen molar-refractivity contribution in [3.63, 3.8) is 0 Å². The molecule has 0 amide bonds. The Kier molecular flexibility index (Phi) is 5.89. The minimum Gasteiger partial charge on any atom is -0.313 e. The van der Waals surface area contributed by atoms with Crippen LogP contribution in [0.5, 0.6) is 0 Å². The van der Waals surface area contributed by atoms with E-state index >= 15 is 0 Å². The summed E-state index contributed by atoms with van der Waals surface area (Å²) in [6.45, 7) is 6.19. The van der Waals surface area contributed by atoms with E-state index in [9.17, 15) is 8.42 Å². The van der Waals surface area contributed by atoms with Crippen molar-refractivity contribution < 1.29 is 8.42 Å². The highest BCUT2D eigenvalue weighted by Gasteiger charge is 2.18. The van der Waals surface area contributed by atoms with Crippen LogP contribution in [0.15, 0.2) is 0 Å². The van der Waals surface area contributed by atoms with E-state index in [1.165, 1.54) is 19.3 Å². The van der Waals surface area contributed by atoms with Gasteiger partial charge in [0, 0.05) is 19.1 Å². The van der Waals surface area contributed by atoms with Gasteiger partial charge in [-0.05, 0) is 40.3 Å². The van der Waals surface area contributed by atoms with Gasteiger partial charge in [-0.15, -0.1) is 0 Å². The molecule has 5 heteroatoms. The van der Waals surface area contributed by atoms with Gasteiger partial charge in [0.25, 0.3) is 0 Å². The summed E-state index contributed by atoms with van der Waals surface area (Å²) >= 11 is 0. The van der Waals surface area contributed by atoms with Crippen molar-refractivity contribution in [1.29, 1.82) is 0 Å². The molecule has 0 saturated carbocycles. The first kappa shape index (κ1) is 14.9. The molecule has 1 fully saturated rings. The zero-order valence-electron chi connectivity index (χ0n) is 11.3. The number of rotatable bonds is 6. The average Bonchev–Trinajstić information content (AvgIpc) is 2.28. The highest BCUT2D eigenvalue weighted by atomic mass is 32.2. The molecule has 1 unspecified atom stereocenters. The molecule has 0 aliphatic carbocycles. The number of likely N-dealkylation sites (N-methyl/N-ethyl adjacent to an activating group) is 1. The molecule has 102 valence electrons. The quantitative estimate of drug-likeness (QED) is 0.772. The standard InChI is InChI=1S/C12H26N2O2S/c1-11(2)17(15,16)9-8-14(3)10-12-6-4-5-7-13-12/h11-13H,4-10H2,1-3H3. The lowest BCUT2D eigenvalue weighted by Crippen LogP contribution is -2.43. The molecule has 0 radical (unpaired) electrons. The van der Waals surface area contributed by atoms with Gasteiger partial charge in [0.2, 0.25) is 0 Å². The number of hydrogen-bond donors (Lipinski definition) is 1. The first-order valence-corrected chi connectivity index (χ1v) is 8.27. The van der Waals surface area contributed by atoms with Gasteiger partial charge in [-0.3, -0.25) is 0 Å². The number of hydrogen-bond acceptors (Lipinski definition) is 4. The third kappa shape index (κ3) is 5.36. The Labute approximate surface area is 106 Å². The Morgan fingerprint density at radius 1 is 1.35 bits per heavy atom. The zero-order valence-corrected chi connectivity index (χ0v) is 12.1. The van der Waals surface area contributed by atoms with Crippen LogP contribution in [-0.2, 0) is 9.84 Å². The monoisotopic (exact) mass is 262 g/mol. The van der Waals surface area contributed by atoms with E-state index in [-0.39, 0.29) is 11.0 Å². The number of sulfone groups is 1. The Hall–Kier alpha value is -0.130. The van der Waals surface area contributed by atoms with Crippen molar-refractivity contribution in [1.82, 2.24) is 10.2 Å². The first-order valence-electron chi connectivity index (χ1n) is 6.55. The first-order chi connectivity index (χ1) is 7.92. The molecule has 1 aliphatic rings. The Bertz CT molecular complexity index is 308. The van der Waals surface area contributed by atoms with Crippen LogP contribution in [0.2, 0.25) is 0 Å². The summed E-state index contributed by atoms with van der Waals surface area (Å²) in [4.78, 5) is 2.13. The van der Waals surface area contributed by atoms with E-state index in [1.807, 2.05) is 7.05 Å². The minimum atomic E-state index is -2.90. The van der Waals surface area contributed by atoms with Crippen molar-refractivity contribution in [2.75, 3.05) is 32.4 Å². The number of nitrogens with one attached hydrogen (secondary N) is 1. The SMILES string of the molecule is CC(C)S(=O)(=O)CCN(C)CC1CCCCN1. The minimum absolute atomic E-state index is 0.260. The maximum absolute atomic E-state index is 11.7. The van der Waals surface area contributed by atoms with E-state index in [0.29, 0.717) is 12.6 Å². The number of piperidine rings is 1. The van der Waals surface area contributed by atoms with Crippen LogP contribution in [0.3, 0.4) is 0 Å². The lowest BCUT2D eigenvalue weighted by Gasteiger charge is -2.28. The van der Waals surface area contributed by atoms with Gasteiger partial charge in [0.1, 0.15) is 0 Å². The Balaban J connectivity index is 2.27. The summed E-state index contributed by atoms with van der Waals surface area (Å²) in [7, 11) is -0.890. The van der Waals surface area contributed by atoms with Crippen LogP contribution in [0.25, 0.3) is 0 Å². The number of nitrogens with zero attached hydrogens (tertiary/aromatic N) is 1. The summed E-state index contributed by atoms with van der Waals surface area (Å²) in [5.74, 6) is 0.272. The third-order valence-electron chi connectivity index (χ3n) is 3.42. The maximum Gasteiger partial charge on any atom is 0.153 e. The molecule has 0 bridgehead atoms. The van der Waals surface area contributed by atoms with E-state index in [1.54, 1.807) is 13.8 Å². The normalized spacial score (nSPS) is 22.3. The second kappa shape index (κ2) is 6.71. The second-order valence-electron chi connectivity index (χ2n) is 5.32. The van der Waals surface area contributed by atoms with Crippen LogP contribution in [0.1, 0.15) is 33.1 Å². The summed E-state index contributed by atoms with van der Waals surface area (Å²) in [5, 5.41) is 3.22. The summed E-state index contributed by atoms with van der Waals surface area (Å²) in [6.07, 6.45) is 3.76. The van der Waals surface area contributed by atoms with Gasteiger partial charge < -0.3 is 10.2 Å². The highest BCUT2D eigenvalue weighted by molar-refractivity contribution is 7.92. The van der Waals surface area contributed by atoms with E-state index in [4.69, 9.17) is 0 Å².